The Balaban J connectivity index is 0.000000847. The molecule has 0 saturated carbocycles. The summed E-state index contributed by atoms with van der Waals surface area (Å²) in [6.07, 6.45) is 0. The zero-order valence-electron chi connectivity index (χ0n) is 13.6. The van der Waals surface area contributed by atoms with Crippen LogP contribution in [0.5, 0.6) is 5.75 Å². The second-order valence-electron chi connectivity index (χ2n) is 4.89. The highest BCUT2D eigenvalue weighted by molar-refractivity contribution is 5.85. The molecule has 6 heteroatoms. The molecule has 0 unspecified atom stereocenters. The van der Waals surface area contributed by atoms with Crippen molar-refractivity contribution in [1.82, 2.24) is 14.8 Å². The maximum Gasteiger partial charge on any atom is 0.377 e. The van der Waals surface area contributed by atoms with Crippen molar-refractivity contribution >= 4 is 5.97 Å². The minimum absolute atomic E-state index is 0.0499. The molecule has 0 bridgehead atoms. The largest absolute Gasteiger partial charge is 0.483 e. The van der Waals surface area contributed by atoms with Crippen molar-refractivity contribution in [3.63, 3.8) is 0 Å². The van der Waals surface area contributed by atoms with Gasteiger partial charge in [-0.25, -0.2) is 14.5 Å². The molecule has 0 radical (unpaired) electrons. The SMILES string of the molecule is CC.COC(=O)c1nc2n(n1)-c1cccc(C(C)C)c1OC2. The van der Waals surface area contributed by atoms with Gasteiger partial charge >= 0.3 is 5.97 Å². The third-order valence-corrected chi connectivity index (χ3v) is 3.26. The summed E-state index contributed by atoms with van der Waals surface area (Å²) in [6, 6.07) is 5.89. The first-order valence-electron chi connectivity index (χ1n) is 7.42. The Morgan fingerprint density at radius 3 is 2.73 bits per heavy atom. The smallest absolute Gasteiger partial charge is 0.377 e. The van der Waals surface area contributed by atoms with Crippen LogP contribution in [0.3, 0.4) is 0 Å². The maximum absolute atomic E-state index is 11.5. The third-order valence-electron chi connectivity index (χ3n) is 3.26. The van der Waals surface area contributed by atoms with Crippen LogP contribution in [0.1, 0.15) is 55.6 Å². The molecule has 0 saturated heterocycles. The van der Waals surface area contributed by atoms with E-state index in [1.807, 2.05) is 32.0 Å². The van der Waals surface area contributed by atoms with Crippen LogP contribution < -0.4 is 4.74 Å². The van der Waals surface area contributed by atoms with Gasteiger partial charge in [-0.1, -0.05) is 39.8 Å². The van der Waals surface area contributed by atoms with Gasteiger partial charge in [0.05, 0.1) is 7.11 Å². The van der Waals surface area contributed by atoms with Gasteiger partial charge in [-0.2, -0.15) is 0 Å². The molecule has 0 amide bonds. The molecule has 2 heterocycles. The van der Waals surface area contributed by atoms with Gasteiger partial charge in [-0.05, 0) is 17.5 Å². The topological polar surface area (TPSA) is 66.2 Å². The van der Waals surface area contributed by atoms with Crippen molar-refractivity contribution in [3.8, 4) is 11.4 Å². The van der Waals surface area contributed by atoms with Gasteiger partial charge in [-0.15, -0.1) is 5.10 Å². The average molecular weight is 303 g/mol. The fourth-order valence-electron chi connectivity index (χ4n) is 2.27. The van der Waals surface area contributed by atoms with E-state index in [9.17, 15) is 4.79 Å². The zero-order chi connectivity index (χ0) is 16.3. The number of hydrogen-bond donors (Lipinski definition) is 0. The number of nitrogens with zero attached hydrogens (tertiary/aromatic N) is 3. The normalized spacial score (nSPS) is 11.7. The van der Waals surface area contributed by atoms with Gasteiger partial charge in [0.2, 0.25) is 0 Å². The lowest BCUT2D eigenvalue weighted by molar-refractivity contribution is 0.0587. The quantitative estimate of drug-likeness (QED) is 0.798. The Labute approximate surface area is 130 Å². The van der Waals surface area contributed by atoms with E-state index in [2.05, 4.69) is 28.7 Å². The van der Waals surface area contributed by atoms with Crippen LogP contribution in [0.25, 0.3) is 5.69 Å². The van der Waals surface area contributed by atoms with E-state index in [1.165, 1.54) is 7.11 Å². The monoisotopic (exact) mass is 303 g/mol. The molecule has 3 rings (SSSR count). The van der Waals surface area contributed by atoms with Crippen molar-refractivity contribution in [1.29, 1.82) is 0 Å². The van der Waals surface area contributed by atoms with Crippen LogP contribution >= 0.6 is 0 Å². The zero-order valence-corrected chi connectivity index (χ0v) is 13.6. The molecule has 0 spiro atoms. The first-order valence-corrected chi connectivity index (χ1v) is 7.42. The second-order valence-corrected chi connectivity index (χ2v) is 4.89. The summed E-state index contributed by atoms with van der Waals surface area (Å²) in [6.45, 7) is 8.51. The second kappa shape index (κ2) is 6.60. The van der Waals surface area contributed by atoms with Gasteiger partial charge < -0.3 is 9.47 Å². The van der Waals surface area contributed by atoms with E-state index in [0.29, 0.717) is 18.3 Å². The average Bonchev–Trinajstić information content (AvgIpc) is 2.99. The first-order chi connectivity index (χ1) is 10.6. The van der Waals surface area contributed by atoms with Crippen LogP contribution in [-0.2, 0) is 11.3 Å². The molecule has 0 N–H and O–H groups in total. The number of carbonyl (C=O) groups is 1. The molecule has 1 aromatic carbocycles. The van der Waals surface area contributed by atoms with E-state index < -0.39 is 5.97 Å². The molecular weight excluding hydrogens is 282 g/mol. The Morgan fingerprint density at radius 2 is 2.09 bits per heavy atom. The number of para-hydroxylation sites is 1. The van der Waals surface area contributed by atoms with Crippen LogP contribution in [0, 0.1) is 0 Å². The Bertz CT molecular complexity index is 677. The molecule has 1 aliphatic heterocycles. The molecule has 22 heavy (non-hydrogen) atoms. The van der Waals surface area contributed by atoms with Crippen LogP contribution in [-0.4, -0.2) is 27.8 Å². The van der Waals surface area contributed by atoms with Gasteiger partial charge in [0.15, 0.2) is 5.82 Å². The predicted octanol–water partition coefficient (Wildman–Crippen LogP) is 3.10. The number of fused-ring (bicyclic) bond motifs is 3. The van der Waals surface area contributed by atoms with Crippen LogP contribution in [0.4, 0.5) is 0 Å². The maximum atomic E-state index is 11.5. The number of benzene rings is 1. The summed E-state index contributed by atoms with van der Waals surface area (Å²) in [5, 5.41) is 4.21. The lowest BCUT2D eigenvalue weighted by Crippen LogP contribution is -2.15. The van der Waals surface area contributed by atoms with Crippen molar-refractivity contribution in [2.45, 2.75) is 40.2 Å². The number of methoxy groups -OCH3 is 1. The summed E-state index contributed by atoms with van der Waals surface area (Å²) in [5.74, 6) is 1.24. The van der Waals surface area contributed by atoms with E-state index in [1.54, 1.807) is 4.68 Å². The predicted molar refractivity (Wildman–Crippen MR) is 82.5 cm³/mol. The van der Waals surface area contributed by atoms with Crippen molar-refractivity contribution in [3.05, 3.63) is 35.4 Å². The van der Waals surface area contributed by atoms with Crippen LogP contribution in [0.15, 0.2) is 18.2 Å². The Kier molecular flexibility index (Phi) is 4.80. The molecule has 118 valence electrons. The highest BCUT2D eigenvalue weighted by Crippen LogP contribution is 2.35. The first kappa shape index (κ1) is 16.0. The van der Waals surface area contributed by atoms with Crippen LogP contribution in [0.2, 0.25) is 0 Å². The number of carbonyl (C=O) groups excluding carboxylic acids is 1. The van der Waals surface area contributed by atoms with E-state index >= 15 is 0 Å². The summed E-state index contributed by atoms with van der Waals surface area (Å²) < 4.78 is 12.1. The molecule has 6 nitrogen and oxygen atoms in total. The summed E-state index contributed by atoms with van der Waals surface area (Å²) >= 11 is 0. The van der Waals surface area contributed by atoms with Crippen molar-refractivity contribution in [2.24, 2.45) is 0 Å². The molecule has 1 aromatic heterocycles. The molecule has 2 aromatic rings. The molecule has 0 fully saturated rings. The number of rotatable bonds is 2. The van der Waals surface area contributed by atoms with Gasteiger partial charge in [0.1, 0.15) is 18.0 Å². The Morgan fingerprint density at radius 1 is 1.36 bits per heavy atom. The summed E-state index contributed by atoms with van der Waals surface area (Å²) in [7, 11) is 1.31. The molecule has 0 aliphatic carbocycles. The fraction of sp³-hybridized carbons (Fsp3) is 0.438. The number of aromatic nitrogens is 3. The molecule has 1 aliphatic rings. The fourth-order valence-corrected chi connectivity index (χ4v) is 2.27. The lowest BCUT2D eigenvalue weighted by Gasteiger charge is -2.22. The summed E-state index contributed by atoms with van der Waals surface area (Å²) in [5.41, 5.74) is 1.92. The molecular formula is C16H21N3O3. The van der Waals surface area contributed by atoms with Gasteiger partial charge in [-0.3, -0.25) is 0 Å². The Hall–Kier alpha value is -2.37. The summed E-state index contributed by atoms with van der Waals surface area (Å²) in [4.78, 5) is 15.7. The van der Waals surface area contributed by atoms with Crippen molar-refractivity contribution < 1.29 is 14.3 Å². The highest BCUT2D eigenvalue weighted by atomic mass is 16.5. The number of ether oxygens (including phenoxy) is 2. The minimum atomic E-state index is -0.548. The van der Waals surface area contributed by atoms with Gasteiger partial charge in [0.25, 0.3) is 5.82 Å². The van der Waals surface area contributed by atoms with E-state index in [4.69, 9.17) is 4.74 Å². The third kappa shape index (κ3) is 2.68. The lowest BCUT2D eigenvalue weighted by atomic mass is 10.0. The standard InChI is InChI=1S/C14H15N3O3.C2H6/c1-8(2)9-5-4-6-10-12(9)20-7-11-15-13(14(18)19-3)16-17(10)11;1-2/h4-6,8H,7H2,1-3H3;1-2H3. The minimum Gasteiger partial charge on any atom is -0.483 e. The van der Waals surface area contributed by atoms with E-state index in [0.717, 1.165) is 17.0 Å². The number of esters is 1. The van der Waals surface area contributed by atoms with E-state index in [-0.39, 0.29) is 5.82 Å². The molecule has 0 atom stereocenters. The number of hydrogen-bond acceptors (Lipinski definition) is 5. The van der Waals surface area contributed by atoms with Crippen molar-refractivity contribution in [2.75, 3.05) is 7.11 Å². The highest BCUT2D eigenvalue weighted by Gasteiger charge is 2.26. The van der Waals surface area contributed by atoms with Gasteiger partial charge in [0, 0.05) is 0 Å².